The first-order valence-electron chi connectivity index (χ1n) is 2.88. The average Bonchev–Trinajstić information content (AvgIpc) is 1.80. The monoisotopic (exact) mass is 151 g/mol. The summed E-state index contributed by atoms with van der Waals surface area (Å²) in [7, 11) is 0. The van der Waals surface area contributed by atoms with Crippen molar-refractivity contribution in [1.29, 1.82) is 0 Å². The van der Waals surface area contributed by atoms with Gasteiger partial charge in [-0.3, -0.25) is 0 Å². The molecular formula is C6H8F3N. The van der Waals surface area contributed by atoms with E-state index in [1.54, 1.807) is 0 Å². The zero-order chi connectivity index (χ0) is 8.20. The summed E-state index contributed by atoms with van der Waals surface area (Å²) in [5, 5.41) is 0. The predicted molar refractivity (Wildman–Crippen MR) is 31.3 cm³/mol. The van der Waals surface area contributed by atoms with Crippen LogP contribution in [0.4, 0.5) is 13.2 Å². The molecule has 0 aromatic heterocycles. The third-order valence-electron chi connectivity index (χ3n) is 1.23. The first kappa shape index (κ1) is 9.28. The predicted octanol–water partition coefficient (Wildman–Crippen LogP) is 2.49. The highest BCUT2D eigenvalue weighted by Gasteiger charge is 2.35. The Hall–Kier alpha value is -0.720. The van der Waals surface area contributed by atoms with E-state index < -0.39 is 12.1 Å². The Balaban J connectivity index is 3.65. The van der Waals surface area contributed by atoms with Gasteiger partial charge in [0.2, 0.25) is 6.54 Å². The molecule has 4 heteroatoms. The van der Waals surface area contributed by atoms with Crippen LogP contribution in [0.2, 0.25) is 0 Å². The molecule has 0 aromatic carbocycles. The maximum Gasteiger partial charge on any atom is 0.391 e. The van der Waals surface area contributed by atoms with Gasteiger partial charge < -0.3 is 4.85 Å². The maximum atomic E-state index is 11.7. The van der Waals surface area contributed by atoms with E-state index in [-0.39, 0.29) is 13.0 Å². The van der Waals surface area contributed by atoms with Crippen LogP contribution < -0.4 is 0 Å². The van der Waals surface area contributed by atoms with Crippen molar-refractivity contribution in [2.75, 3.05) is 6.54 Å². The Morgan fingerprint density at radius 3 is 2.30 bits per heavy atom. The van der Waals surface area contributed by atoms with Gasteiger partial charge in [-0.1, -0.05) is 6.92 Å². The highest BCUT2D eigenvalue weighted by Crippen LogP contribution is 2.27. The van der Waals surface area contributed by atoms with E-state index in [4.69, 9.17) is 6.57 Å². The third-order valence-corrected chi connectivity index (χ3v) is 1.23. The van der Waals surface area contributed by atoms with Crippen LogP contribution in [-0.2, 0) is 0 Å². The number of hydrogen-bond donors (Lipinski definition) is 0. The van der Waals surface area contributed by atoms with E-state index in [1.807, 2.05) is 0 Å². The molecule has 0 saturated heterocycles. The van der Waals surface area contributed by atoms with Gasteiger partial charge in [0.15, 0.2) is 0 Å². The topological polar surface area (TPSA) is 4.36 Å². The third kappa shape index (κ3) is 3.33. The number of nitrogens with zero attached hydrogens (tertiary/aromatic N) is 1. The summed E-state index contributed by atoms with van der Waals surface area (Å²) in [6, 6.07) is 0. The van der Waals surface area contributed by atoms with Crippen molar-refractivity contribution in [1.82, 2.24) is 0 Å². The summed E-state index contributed by atoms with van der Waals surface area (Å²) in [6.45, 7) is 7.31. The molecule has 0 spiro atoms. The Kier molecular flexibility index (Phi) is 3.20. The van der Waals surface area contributed by atoms with Gasteiger partial charge in [-0.05, 0) is 0 Å². The molecule has 58 valence electrons. The second kappa shape index (κ2) is 3.45. The zero-order valence-corrected chi connectivity index (χ0v) is 5.57. The summed E-state index contributed by atoms with van der Waals surface area (Å²) in [5.74, 6) is -1.35. The molecule has 0 aliphatic heterocycles. The average molecular weight is 151 g/mol. The molecule has 1 nitrogen and oxygen atoms in total. The van der Waals surface area contributed by atoms with Crippen LogP contribution in [-0.4, -0.2) is 12.7 Å². The van der Waals surface area contributed by atoms with Crippen molar-refractivity contribution in [3.05, 3.63) is 11.4 Å². The van der Waals surface area contributed by atoms with Gasteiger partial charge in [-0.15, -0.1) is 0 Å². The Morgan fingerprint density at radius 2 is 2.00 bits per heavy atom. The Morgan fingerprint density at radius 1 is 1.50 bits per heavy atom. The normalized spacial score (nSPS) is 14.3. The van der Waals surface area contributed by atoms with Gasteiger partial charge >= 0.3 is 6.18 Å². The minimum absolute atomic E-state index is 0.0410. The van der Waals surface area contributed by atoms with Crippen LogP contribution in [0.3, 0.4) is 0 Å². The van der Waals surface area contributed by atoms with E-state index in [0.29, 0.717) is 0 Å². The Bertz CT molecular complexity index is 133. The van der Waals surface area contributed by atoms with Crippen LogP contribution in [0.15, 0.2) is 0 Å². The first-order valence-corrected chi connectivity index (χ1v) is 2.88. The van der Waals surface area contributed by atoms with E-state index in [0.717, 1.165) is 6.92 Å². The molecule has 0 aromatic rings. The molecule has 0 saturated carbocycles. The fourth-order valence-corrected chi connectivity index (χ4v) is 0.422. The highest BCUT2D eigenvalue weighted by molar-refractivity contribution is 4.68. The molecule has 0 radical (unpaired) electrons. The molecule has 1 atom stereocenters. The largest absolute Gasteiger partial charge is 0.391 e. The number of alkyl halides is 3. The molecule has 10 heavy (non-hydrogen) atoms. The number of halogens is 3. The summed E-state index contributed by atoms with van der Waals surface area (Å²) < 4.78 is 35.0. The van der Waals surface area contributed by atoms with Crippen LogP contribution in [0.5, 0.6) is 0 Å². The molecule has 0 aliphatic rings. The van der Waals surface area contributed by atoms with E-state index in [1.165, 1.54) is 0 Å². The second-order valence-electron chi connectivity index (χ2n) is 2.11. The molecule has 0 heterocycles. The fourth-order valence-electron chi connectivity index (χ4n) is 0.422. The van der Waals surface area contributed by atoms with Crippen molar-refractivity contribution < 1.29 is 13.2 Å². The maximum absolute atomic E-state index is 11.7. The molecule has 0 rings (SSSR count). The number of hydrogen-bond acceptors (Lipinski definition) is 0. The molecule has 0 N–H and O–H groups in total. The molecular weight excluding hydrogens is 143 g/mol. The summed E-state index contributed by atoms with van der Waals surface area (Å²) in [5.41, 5.74) is 0. The van der Waals surface area contributed by atoms with Crippen molar-refractivity contribution in [2.45, 2.75) is 19.5 Å². The van der Waals surface area contributed by atoms with Crippen molar-refractivity contribution in [3.63, 3.8) is 0 Å². The lowest BCUT2D eigenvalue weighted by atomic mass is 10.1. The van der Waals surface area contributed by atoms with Crippen molar-refractivity contribution >= 4 is 0 Å². The van der Waals surface area contributed by atoms with Crippen LogP contribution in [0.25, 0.3) is 4.85 Å². The first-order chi connectivity index (χ1) is 4.48. The smallest absolute Gasteiger partial charge is 0.317 e. The number of rotatable bonds is 2. The molecule has 1 unspecified atom stereocenters. The van der Waals surface area contributed by atoms with Crippen molar-refractivity contribution in [2.24, 2.45) is 5.92 Å². The minimum atomic E-state index is -4.13. The van der Waals surface area contributed by atoms with Crippen LogP contribution in [0.1, 0.15) is 13.3 Å². The molecule has 0 aliphatic carbocycles. The molecule has 0 bridgehead atoms. The lowest BCUT2D eigenvalue weighted by molar-refractivity contribution is -0.170. The lowest BCUT2D eigenvalue weighted by Gasteiger charge is -2.11. The van der Waals surface area contributed by atoms with Gasteiger partial charge in [-0.2, -0.15) is 13.2 Å². The Labute approximate surface area is 57.7 Å². The van der Waals surface area contributed by atoms with Crippen LogP contribution >= 0.6 is 0 Å². The van der Waals surface area contributed by atoms with Crippen molar-refractivity contribution in [3.8, 4) is 0 Å². The molecule has 0 amide bonds. The van der Waals surface area contributed by atoms with Gasteiger partial charge in [-0.25, -0.2) is 6.57 Å². The SMILES string of the molecule is [C-]#[N+]CCC(C)C(F)(F)F. The second-order valence-corrected chi connectivity index (χ2v) is 2.11. The summed E-state index contributed by atoms with van der Waals surface area (Å²) in [4.78, 5) is 2.84. The summed E-state index contributed by atoms with van der Waals surface area (Å²) in [6.07, 6.45) is -4.22. The van der Waals surface area contributed by atoms with Gasteiger partial charge in [0.05, 0.1) is 5.92 Å². The van der Waals surface area contributed by atoms with E-state index >= 15 is 0 Å². The van der Waals surface area contributed by atoms with Gasteiger partial charge in [0, 0.05) is 6.42 Å². The van der Waals surface area contributed by atoms with Gasteiger partial charge in [0.25, 0.3) is 0 Å². The highest BCUT2D eigenvalue weighted by atomic mass is 19.4. The van der Waals surface area contributed by atoms with E-state index in [2.05, 4.69) is 4.85 Å². The quantitative estimate of drug-likeness (QED) is 0.534. The van der Waals surface area contributed by atoms with E-state index in [9.17, 15) is 13.2 Å². The van der Waals surface area contributed by atoms with Gasteiger partial charge in [0.1, 0.15) is 0 Å². The lowest BCUT2D eigenvalue weighted by Crippen LogP contribution is -2.20. The zero-order valence-electron chi connectivity index (χ0n) is 5.57. The summed E-state index contributed by atoms with van der Waals surface area (Å²) >= 11 is 0. The van der Waals surface area contributed by atoms with Crippen LogP contribution in [0, 0.1) is 12.5 Å². The fraction of sp³-hybridized carbons (Fsp3) is 0.833. The standard InChI is InChI=1S/C6H8F3N/c1-5(3-4-10-2)6(7,8)9/h5H,3-4H2,1H3. The molecule has 0 fully saturated rings. The minimum Gasteiger partial charge on any atom is -0.317 e.